The molecule has 0 amide bonds. The predicted octanol–water partition coefficient (Wildman–Crippen LogP) is 6.94. The molecule has 0 radical (unpaired) electrons. The summed E-state index contributed by atoms with van der Waals surface area (Å²) in [6.07, 6.45) is -0.0393. The molecule has 1 aliphatic rings. The van der Waals surface area contributed by atoms with Gasteiger partial charge in [-0.15, -0.1) is 0 Å². The second kappa shape index (κ2) is 6.22. The van der Waals surface area contributed by atoms with Crippen LogP contribution in [-0.2, 0) is 4.74 Å². The summed E-state index contributed by atoms with van der Waals surface area (Å²) in [6.45, 7) is 11.5. The Labute approximate surface area is 163 Å². The summed E-state index contributed by atoms with van der Waals surface area (Å²) in [5.41, 5.74) is 4.89. The van der Waals surface area contributed by atoms with E-state index in [0.717, 1.165) is 5.75 Å². The Morgan fingerprint density at radius 3 is 2.26 bits per heavy atom. The molecule has 140 valence electrons. The first kappa shape index (κ1) is 18.3. The number of methoxy groups -OCH3 is 1. The minimum Gasteiger partial charge on any atom is -0.543 e. The van der Waals surface area contributed by atoms with E-state index in [1.54, 1.807) is 7.11 Å². The normalized spacial score (nSPS) is 16.3. The van der Waals surface area contributed by atoms with Crippen LogP contribution in [0.3, 0.4) is 0 Å². The lowest BCUT2D eigenvalue weighted by atomic mass is 9.98. The van der Waals surface area contributed by atoms with Gasteiger partial charge in [0.05, 0.1) is 0 Å². The molecule has 0 N–H and O–H groups in total. The summed E-state index contributed by atoms with van der Waals surface area (Å²) < 4.78 is 12.9. The third-order valence-electron chi connectivity index (χ3n) is 6.23. The molecule has 3 aromatic rings. The van der Waals surface area contributed by atoms with Gasteiger partial charge in [-0.2, -0.15) is 0 Å². The first-order valence-electron chi connectivity index (χ1n) is 9.61. The third-order valence-corrected chi connectivity index (χ3v) is 10.6. The van der Waals surface area contributed by atoms with E-state index in [1.165, 1.54) is 33.0 Å². The molecular formula is C24H28O2Si. The lowest BCUT2D eigenvalue weighted by Gasteiger charge is -2.37. The molecule has 0 aromatic heterocycles. The van der Waals surface area contributed by atoms with Crippen molar-refractivity contribution in [2.24, 2.45) is 0 Å². The van der Waals surface area contributed by atoms with Crippen LogP contribution in [0.15, 0.2) is 54.6 Å². The summed E-state index contributed by atoms with van der Waals surface area (Å²) >= 11 is 0. The van der Waals surface area contributed by atoms with Gasteiger partial charge >= 0.3 is 0 Å². The van der Waals surface area contributed by atoms with Crippen molar-refractivity contribution >= 4 is 19.1 Å². The maximum Gasteiger partial charge on any atom is 0.250 e. The molecule has 1 aliphatic carbocycles. The Bertz CT molecular complexity index is 1010. The highest BCUT2D eigenvalue weighted by molar-refractivity contribution is 6.74. The van der Waals surface area contributed by atoms with E-state index >= 15 is 0 Å². The van der Waals surface area contributed by atoms with Crippen molar-refractivity contribution in [3.05, 3.63) is 65.7 Å². The van der Waals surface area contributed by atoms with Crippen molar-refractivity contribution in [1.82, 2.24) is 0 Å². The second-order valence-corrected chi connectivity index (χ2v) is 13.7. The molecule has 0 heterocycles. The van der Waals surface area contributed by atoms with Crippen LogP contribution < -0.4 is 4.43 Å². The molecular weight excluding hydrogens is 348 g/mol. The molecule has 0 saturated heterocycles. The summed E-state index contributed by atoms with van der Waals surface area (Å²) in [5.74, 6) is 1.03. The van der Waals surface area contributed by atoms with Gasteiger partial charge in [0.1, 0.15) is 11.9 Å². The Balaban J connectivity index is 2.05. The zero-order valence-corrected chi connectivity index (χ0v) is 18.1. The zero-order valence-electron chi connectivity index (χ0n) is 17.1. The van der Waals surface area contributed by atoms with E-state index in [9.17, 15) is 0 Å². The molecule has 1 unspecified atom stereocenters. The van der Waals surface area contributed by atoms with Gasteiger partial charge in [-0.05, 0) is 46.3 Å². The maximum absolute atomic E-state index is 6.96. The van der Waals surface area contributed by atoms with Crippen LogP contribution in [0.25, 0.3) is 21.9 Å². The molecule has 0 bridgehead atoms. The number of ether oxygens (including phenoxy) is 1. The van der Waals surface area contributed by atoms with Gasteiger partial charge in [0.25, 0.3) is 8.32 Å². The SMILES string of the molecule is COC1c2ccccc2-c2c1cc1ccccc1c2O[Si](C)(C)C(C)(C)C. The van der Waals surface area contributed by atoms with E-state index in [2.05, 4.69) is 88.5 Å². The van der Waals surface area contributed by atoms with Crippen molar-refractivity contribution in [3.8, 4) is 16.9 Å². The largest absolute Gasteiger partial charge is 0.543 e. The van der Waals surface area contributed by atoms with E-state index in [1.807, 2.05) is 0 Å². The van der Waals surface area contributed by atoms with Crippen LogP contribution in [0, 0.1) is 0 Å². The standard InChI is InChI=1S/C24H28O2Si/c1-24(2,3)27(5,6)26-23-17-12-8-7-11-16(17)15-20-21(23)18-13-9-10-14-19(18)22(20)25-4/h7-15,22H,1-6H3. The van der Waals surface area contributed by atoms with Crippen LogP contribution >= 0.6 is 0 Å². The average Bonchev–Trinajstić information content (AvgIpc) is 2.93. The lowest BCUT2D eigenvalue weighted by molar-refractivity contribution is 0.140. The van der Waals surface area contributed by atoms with Crippen LogP contribution in [0.5, 0.6) is 5.75 Å². The van der Waals surface area contributed by atoms with Crippen molar-refractivity contribution in [2.75, 3.05) is 7.11 Å². The van der Waals surface area contributed by atoms with Gasteiger partial charge < -0.3 is 9.16 Å². The van der Waals surface area contributed by atoms with Crippen molar-refractivity contribution in [1.29, 1.82) is 0 Å². The predicted molar refractivity (Wildman–Crippen MR) is 116 cm³/mol. The Hall–Kier alpha value is -2.10. The minimum absolute atomic E-state index is 0.0393. The lowest BCUT2D eigenvalue weighted by Crippen LogP contribution is -2.44. The highest BCUT2D eigenvalue weighted by Gasteiger charge is 2.41. The molecule has 0 spiro atoms. The Kier molecular flexibility index (Phi) is 4.21. The third kappa shape index (κ3) is 2.81. The maximum atomic E-state index is 6.96. The van der Waals surface area contributed by atoms with Crippen molar-refractivity contribution in [3.63, 3.8) is 0 Å². The van der Waals surface area contributed by atoms with Crippen molar-refractivity contribution < 1.29 is 9.16 Å². The van der Waals surface area contributed by atoms with Crippen molar-refractivity contribution in [2.45, 2.75) is 45.0 Å². The number of benzene rings is 3. The van der Waals surface area contributed by atoms with Crippen LogP contribution in [-0.4, -0.2) is 15.4 Å². The van der Waals surface area contributed by atoms with Crippen LogP contribution in [0.4, 0.5) is 0 Å². The molecule has 3 heteroatoms. The van der Waals surface area contributed by atoms with Gasteiger partial charge in [-0.1, -0.05) is 69.3 Å². The molecule has 1 atom stereocenters. The summed E-state index contributed by atoms with van der Waals surface area (Å²) in [6, 6.07) is 19.4. The highest BCUT2D eigenvalue weighted by atomic mass is 28.4. The highest BCUT2D eigenvalue weighted by Crippen LogP contribution is 2.53. The molecule has 0 aliphatic heterocycles. The smallest absolute Gasteiger partial charge is 0.250 e. The Morgan fingerprint density at radius 1 is 0.889 bits per heavy atom. The average molecular weight is 377 g/mol. The molecule has 2 nitrogen and oxygen atoms in total. The monoisotopic (exact) mass is 376 g/mol. The first-order chi connectivity index (χ1) is 12.7. The molecule has 3 aromatic carbocycles. The fourth-order valence-electron chi connectivity index (χ4n) is 3.71. The minimum atomic E-state index is -2.00. The number of hydrogen-bond donors (Lipinski definition) is 0. The molecule has 0 fully saturated rings. The fraction of sp³-hybridized carbons (Fsp3) is 0.333. The summed E-state index contributed by atoms with van der Waals surface area (Å²) in [4.78, 5) is 0. The number of rotatable bonds is 3. The molecule has 27 heavy (non-hydrogen) atoms. The second-order valence-electron chi connectivity index (χ2n) is 8.96. The van der Waals surface area contributed by atoms with E-state index in [0.29, 0.717) is 0 Å². The summed E-state index contributed by atoms with van der Waals surface area (Å²) in [5, 5.41) is 2.53. The van der Waals surface area contributed by atoms with Gasteiger partial charge in [0.2, 0.25) is 0 Å². The van der Waals surface area contributed by atoms with E-state index in [-0.39, 0.29) is 11.1 Å². The number of fused-ring (bicyclic) bond motifs is 4. The van der Waals surface area contributed by atoms with Gasteiger partial charge in [0, 0.05) is 18.1 Å². The quantitative estimate of drug-likeness (QED) is 0.461. The van der Waals surface area contributed by atoms with Crippen LogP contribution in [0.1, 0.15) is 38.0 Å². The number of hydrogen-bond acceptors (Lipinski definition) is 2. The van der Waals surface area contributed by atoms with E-state index in [4.69, 9.17) is 9.16 Å². The summed E-state index contributed by atoms with van der Waals surface area (Å²) in [7, 11) is -0.208. The van der Waals surface area contributed by atoms with Crippen LogP contribution in [0.2, 0.25) is 18.1 Å². The van der Waals surface area contributed by atoms with E-state index < -0.39 is 8.32 Å². The first-order valence-corrected chi connectivity index (χ1v) is 12.5. The Morgan fingerprint density at radius 2 is 1.56 bits per heavy atom. The fourth-order valence-corrected chi connectivity index (χ4v) is 4.74. The topological polar surface area (TPSA) is 18.5 Å². The molecule has 0 saturated carbocycles. The van der Waals surface area contributed by atoms with Gasteiger partial charge in [-0.25, -0.2) is 0 Å². The molecule has 4 rings (SSSR count). The van der Waals surface area contributed by atoms with Gasteiger partial charge in [-0.3, -0.25) is 0 Å². The van der Waals surface area contributed by atoms with Gasteiger partial charge in [0.15, 0.2) is 0 Å². The zero-order chi connectivity index (χ0) is 19.4.